The Balaban J connectivity index is 1.53. The van der Waals surface area contributed by atoms with Crippen LogP contribution in [0.15, 0.2) is 48.5 Å². The van der Waals surface area contributed by atoms with Crippen LogP contribution < -0.4 is 0 Å². The van der Waals surface area contributed by atoms with Gasteiger partial charge in [-0.2, -0.15) is 5.21 Å². The molecule has 0 bridgehead atoms. The third-order valence-electron chi connectivity index (χ3n) is 3.74. The molecule has 118 valence electrons. The number of benzene rings is 2. The van der Waals surface area contributed by atoms with E-state index in [4.69, 9.17) is 4.74 Å². The molecule has 0 spiro atoms. The highest BCUT2D eigenvalue weighted by Crippen LogP contribution is 2.16. The SMILES string of the molecule is Cc1ccc(COC(C)Cc2ccc(-c3nn[nH]n3)cc2)cc1. The molecule has 2 aromatic carbocycles. The van der Waals surface area contributed by atoms with Crippen molar-refractivity contribution in [1.82, 2.24) is 20.6 Å². The van der Waals surface area contributed by atoms with Crippen molar-refractivity contribution >= 4 is 0 Å². The maximum absolute atomic E-state index is 5.93. The molecule has 1 atom stereocenters. The van der Waals surface area contributed by atoms with E-state index < -0.39 is 0 Å². The van der Waals surface area contributed by atoms with Gasteiger partial charge in [0, 0.05) is 5.56 Å². The summed E-state index contributed by atoms with van der Waals surface area (Å²) in [4.78, 5) is 0. The van der Waals surface area contributed by atoms with Crippen molar-refractivity contribution in [3.63, 3.8) is 0 Å². The Bertz CT molecular complexity index is 721. The third kappa shape index (κ3) is 4.23. The number of aromatic nitrogens is 4. The molecule has 3 rings (SSSR count). The Kier molecular flexibility index (Phi) is 4.78. The molecule has 0 saturated carbocycles. The van der Waals surface area contributed by atoms with E-state index in [1.807, 2.05) is 12.1 Å². The fraction of sp³-hybridized carbons (Fsp3) is 0.278. The van der Waals surface area contributed by atoms with E-state index in [-0.39, 0.29) is 6.10 Å². The van der Waals surface area contributed by atoms with Gasteiger partial charge in [0.25, 0.3) is 0 Å². The normalized spacial score (nSPS) is 12.3. The van der Waals surface area contributed by atoms with E-state index in [0.717, 1.165) is 12.0 Å². The average molecular weight is 308 g/mol. The zero-order chi connectivity index (χ0) is 16.1. The number of H-pyrrole nitrogens is 1. The molecule has 1 unspecified atom stereocenters. The number of aryl methyl sites for hydroxylation is 1. The Morgan fingerprint density at radius 3 is 2.35 bits per heavy atom. The molecule has 1 heterocycles. The van der Waals surface area contributed by atoms with Crippen LogP contribution in [0.1, 0.15) is 23.6 Å². The van der Waals surface area contributed by atoms with Crippen molar-refractivity contribution in [3.05, 3.63) is 65.2 Å². The molecular weight excluding hydrogens is 288 g/mol. The van der Waals surface area contributed by atoms with Crippen LogP contribution in [0.3, 0.4) is 0 Å². The highest BCUT2D eigenvalue weighted by Gasteiger charge is 2.07. The lowest BCUT2D eigenvalue weighted by atomic mass is 10.1. The van der Waals surface area contributed by atoms with E-state index in [0.29, 0.717) is 12.4 Å². The predicted molar refractivity (Wildman–Crippen MR) is 88.7 cm³/mol. The van der Waals surface area contributed by atoms with Crippen molar-refractivity contribution in [2.75, 3.05) is 0 Å². The molecule has 23 heavy (non-hydrogen) atoms. The number of tetrazole rings is 1. The summed E-state index contributed by atoms with van der Waals surface area (Å²) in [5, 5.41) is 14.0. The summed E-state index contributed by atoms with van der Waals surface area (Å²) in [5.41, 5.74) is 4.66. The number of nitrogens with one attached hydrogen (secondary N) is 1. The molecule has 0 aliphatic rings. The lowest BCUT2D eigenvalue weighted by molar-refractivity contribution is 0.0535. The van der Waals surface area contributed by atoms with Crippen LogP contribution in [0, 0.1) is 6.92 Å². The van der Waals surface area contributed by atoms with E-state index >= 15 is 0 Å². The first kappa shape index (κ1) is 15.4. The summed E-state index contributed by atoms with van der Waals surface area (Å²) in [6.45, 7) is 4.83. The number of ether oxygens (including phenoxy) is 1. The molecule has 0 aliphatic heterocycles. The van der Waals surface area contributed by atoms with Gasteiger partial charge in [-0.1, -0.05) is 54.1 Å². The van der Waals surface area contributed by atoms with E-state index in [9.17, 15) is 0 Å². The van der Waals surface area contributed by atoms with E-state index in [2.05, 4.69) is 70.9 Å². The van der Waals surface area contributed by atoms with Crippen LogP contribution in [0.5, 0.6) is 0 Å². The van der Waals surface area contributed by atoms with Crippen LogP contribution in [-0.4, -0.2) is 26.7 Å². The van der Waals surface area contributed by atoms with Gasteiger partial charge in [0.15, 0.2) is 0 Å². The van der Waals surface area contributed by atoms with Gasteiger partial charge in [0.2, 0.25) is 5.82 Å². The molecule has 5 heteroatoms. The van der Waals surface area contributed by atoms with Gasteiger partial charge in [0.1, 0.15) is 0 Å². The summed E-state index contributed by atoms with van der Waals surface area (Å²) >= 11 is 0. The molecule has 1 N–H and O–H groups in total. The first-order chi connectivity index (χ1) is 11.2. The molecule has 1 aromatic heterocycles. The zero-order valence-corrected chi connectivity index (χ0v) is 13.4. The maximum Gasteiger partial charge on any atom is 0.204 e. The first-order valence-corrected chi connectivity index (χ1v) is 7.70. The zero-order valence-electron chi connectivity index (χ0n) is 13.4. The molecule has 0 amide bonds. The molecule has 0 aliphatic carbocycles. The summed E-state index contributed by atoms with van der Waals surface area (Å²) in [5.74, 6) is 0.611. The third-order valence-corrected chi connectivity index (χ3v) is 3.74. The van der Waals surface area contributed by atoms with Crippen LogP contribution in [0.2, 0.25) is 0 Å². The van der Waals surface area contributed by atoms with Gasteiger partial charge in [-0.05, 0) is 36.6 Å². The Morgan fingerprint density at radius 1 is 1.00 bits per heavy atom. The summed E-state index contributed by atoms with van der Waals surface area (Å²) in [6, 6.07) is 16.6. The minimum Gasteiger partial charge on any atom is -0.373 e. The van der Waals surface area contributed by atoms with E-state index in [1.165, 1.54) is 16.7 Å². The largest absolute Gasteiger partial charge is 0.373 e. The lowest BCUT2D eigenvalue weighted by Gasteiger charge is -2.13. The minimum absolute atomic E-state index is 0.160. The number of hydrogen-bond acceptors (Lipinski definition) is 4. The predicted octanol–water partition coefficient (Wildman–Crippen LogP) is 3.32. The lowest BCUT2D eigenvalue weighted by Crippen LogP contribution is -2.11. The second kappa shape index (κ2) is 7.15. The first-order valence-electron chi connectivity index (χ1n) is 7.70. The second-order valence-electron chi connectivity index (χ2n) is 5.74. The van der Waals surface area contributed by atoms with Gasteiger partial charge < -0.3 is 4.74 Å². The Morgan fingerprint density at radius 2 is 1.70 bits per heavy atom. The molecule has 0 radical (unpaired) electrons. The van der Waals surface area contributed by atoms with Crippen LogP contribution >= 0.6 is 0 Å². The summed E-state index contributed by atoms with van der Waals surface area (Å²) < 4.78 is 5.93. The summed E-state index contributed by atoms with van der Waals surface area (Å²) in [7, 11) is 0. The quantitative estimate of drug-likeness (QED) is 0.758. The number of hydrogen-bond donors (Lipinski definition) is 1. The average Bonchev–Trinajstić information content (AvgIpc) is 3.09. The molecule has 3 aromatic rings. The maximum atomic E-state index is 5.93. The fourth-order valence-electron chi connectivity index (χ4n) is 2.39. The minimum atomic E-state index is 0.160. The summed E-state index contributed by atoms with van der Waals surface area (Å²) in [6.07, 6.45) is 1.03. The van der Waals surface area contributed by atoms with Crippen molar-refractivity contribution in [2.24, 2.45) is 0 Å². The monoisotopic (exact) mass is 308 g/mol. The van der Waals surface area contributed by atoms with Gasteiger partial charge >= 0.3 is 0 Å². The highest BCUT2D eigenvalue weighted by atomic mass is 16.5. The van der Waals surface area contributed by atoms with Crippen LogP contribution in [0.25, 0.3) is 11.4 Å². The Labute approximate surface area is 135 Å². The van der Waals surface area contributed by atoms with Crippen LogP contribution in [0.4, 0.5) is 0 Å². The smallest absolute Gasteiger partial charge is 0.204 e. The number of aromatic amines is 1. The van der Waals surface area contributed by atoms with Gasteiger partial charge in [-0.25, -0.2) is 0 Å². The molecule has 0 fully saturated rings. The van der Waals surface area contributed by atoms with Gasteiger partial charge in [-0.15, -0.1) is 10.2 Å². The second-order valence-corrected chi connectivity index (χ2v) is 5.74. The molecular formula is C18H20N4O. The topological polar surface area (TPSA) is 63.7 Å². The van der Waals surface area contributed by atoms with Gasteiger partial charge in [0.05, 0.1) is 12.7 Å². The number of rotatable bonds is 6. The standard InChI is InChI=1S/C18H20N4O/c1-13-3-5-16(6-4-13)12-23-14(2)11-15-7-9-17(10-8-15)18-19-21-22-20-18/h3-10,14H,11-12H2,1-2H3,(H,19,20,21,22). The van der Waals surface area contributed by atoms with Crippen molar-refractivity contribution in [3.8, 4) is 11.4 Å². The molecule has 5 nitrogen and oxygen atoms in total. The highest BCUT2D eigenvalue weighted by molar-refractivity contribution is 5.54. The fourth-order valence-corrected chi connectivity index (χ4v) is 2.39. The van der Waals surface area contributed by atoms with Crippen molar-refractivity contribution in [1.29, 1.82) is 0 Å². The molecule has 0 saturated heterocycles. The van der Waals surface area contributed by atoms with Crippen molar-refractivity contribution in [2.45, 2.75) is 33.0 Å². The number of nitrogens with zero attached hydrogens (tertiary/aromatic N) is 3. The Hall–Kier alpha value is -2.53. The van der Waals surface area contributed by atoms with Crippen LogP contribution in [-0.2, 0) is 17.8 Å². The van der Waals surface area contributed by atoms with Crippen molar-refractivity contribution < 1.29 is 4.74 Å². The van der Waals surface area contributed by atoms with Gasteiger partial charge in [-0.3, -0.25) is 0 Å². The van der Waals surface area contributed by atoms with E-state index in [1.54, 1.807) is 0 Å².